The topological polar surface area (TPSA) is 103 Å². The van der Waals surface area contributed by atoms with Gasteiger partial charge >= 0.3 is 6.18 Å². The van der Waals surface area contributed by atoms with Crippen LogP contribution in [0, 0.1) is 5.92 Å². The van der Waals surface area contributed by atoms with Crippen molar-refractivity contribution in [2.75, 3.05) is 41.0 Å². The first-order valence-corrected chi connectivity index (χ1v) is 15.3. The van der Waals surface area contributed by atoms with E-state index in [-0.39, 0.29) is 41.9 Å². The SMILES string of the molecule is CCC1(C2CCNC2)C(c2cccc(C(F)(F)F)c2)C(C(N)=O)(c2ccccc2)CCN1C(=O)c1cc(OC)c(OC)c(OC)c1. The number of rotatable bonds is 9. The summed E-state index contributed by atoms with van der Waals surface area (Å²) in [5, 5.41) is 3.39. The van der Waals surface area contributed by atoms with Crippen LogP contribution in [0.1, 0.15) is 59.2 Å². The van der Waals surface area contributed by atoms with Crippen LogP contribution in [0.3, 0.4) is 0 Å². The Morgan fingerprint density at radius 2 is 1.65 bits per heavy atom. The number of piperidine rings is 1. The molecule has 8 nitrogen and oxygen atoms in total. The number of nitrogens with two attached hydrogens (primary N) is 1. The quantitative estimate of drug-likeness (QED) is 0.319. The minimum absolute atomic E-state index is 0.103. The Hall–Kier alpha value is -4.25. The minimum atomic E-state index is -4.62. The Morgan fingerprint density at radius 1 is 0.978 bits per heavy atom. The summed E-state index contributed by atoms with van der Waals surface area (Å²) in [5.74, 6) is -1.25. The average Bonchev–Trinajstić information content (AvgIpc) is 3.62. The van der Waals surface area contributed by atoms with Gasteiger partial charge in [0, 0.05) is 24.6 Å². The van der Waals surface area contributed by atoms with Gasteiger partial charge in [-0.1, -0.05) is 55.5 Å². The van der Waals surface area contributed by atoms with Crippen LogP contribution in [0.4, 0.5) is 13.2 Å². The van der Waals surface area contributed by atoms with Gasteiger partial charge < -0.3 is 30.2 Å². The number of likely N-dealkylation sites (tertiary alicyclic amines) is 1. The average molecular weight is 640 g/mol. The van der Waals surface area contributed by atoms with Crippen LogP contribution >= 0.6 is 0 Å². The first kappa shape index (κ1) is 33.1. The van der Waals surface area contributed by atoms with E-state index in [4.69, 9.17) is 19.9 Å². The normalized spacial score (nSPS) is 24.8. The van der Waals surface area contributed by atoms with E-state index in [1.54, 1.807) is 47.4 Å². The molecule has 246 valence electrons. The Balaban J connectivity index is 1.83. The molecular weight excluding hydrogens is 599 g/mol. The lowest BCUT2D eigenvalue weighted by molar-refractivity contribution is -0.137. The molecule has 2 fully saturated rings. The third kappa shape index (κ3) is 5.34. The van der Waals surface area contributed by atoms with Gasteiger partial charge in [0.05, 0.1) is 37.8 Å². The molecular formula is C35H40F3N3O5. The van der Waals surface area contributed by atoms with Crippen molar-refractivity contribution in [3.8, 4) is 17.2 Å². The molecule has 11 heteroatoms. The van der Waals surface area contributed by atoms with Crippen molar-refractivity contribution in [1.29, 1.82) is 0 Å². The maximum Gasteiger partial charge on any atom is 0.416 e. The summed E-state index contributed by atoms with van der Waals surface area (Å²) in [4.78, 5) is 30.6. The lowest BCUT2D eigenvalue weighted by Gasteiger charge is -2.61. The van der Waals surface area contributed by atoms with Crippen molar-refractivity contribution in [2.24, 2.45) is 11.7 Å². The summed E-state index contributed by atoms with van der Waals surface area (Å²) in [6.07, 6.45) is -3.53. The lowest BCUT2D eigenvalue weighted by atomic mass is 9.51. The van der Waals surface area contributed by atoms with Crippen LogP contribution in [-0.2, 0) is 16.4 Å². The van der Waals surface area contributed by atoms with Gasteiger partial charge in [0.1, 0.15) is 0 Å². The fourth-order valence-corrected chi connectivity index (χ4v) is 8.02. The molecule has 3 aromatic carbocycles. The van der Waals surface area contributed by atoms with Crippen molar-refractivity contribution in [2.45, 2.75) is 49.2 Å². The number of ether oxygens (including phenoxy) is 3. The second-order valence-electron chi connectivity index (χ2n) is 11.9. The fourth-order valence-electron chi connectivity index (χ4n) is 8.02. The van der Waals surface area contributed by atoms with E-state index in [2.05, 4.69) is 5.32 Å². The van der Waals surface area contributed by atoms with Crippen LogP contribution in [-0.4, -0.2) is 63.2 Å². The molecule has 2 amide bonds. The van der Waals surface area contributed by atoms with E-state index >= 15 is 0 Å². The standard InChI is InChI=1S/C35H40F3N3O5/c1-5-34(26-14-16-40-21-26)30(22-10-9-13-25(18-22)35(36,37)38)33(32(39)43,24-11-7-6-8-12-24)15-17-41(34)31(42)23-19-27(44-2)29(46-4)28(20-23)45-3/h6-13,18-20,26,30,40H,5,14-17,21H2,1-4H3,(H2,39,43). The van der Waals surface area contributed by atoms with Crippen LogP contribution in [0.25, 0.3) is 0 Å². The lowest BCUT2D eigenvalue weighted by Crippen LogP contribution is -2.70. The summed E-state index contributed by atoms with van der Waals surface area (Å²) >= 11 is 0. The molecule has 46 heavy (non-hydrogen) atoms. The van der Waals surface area contributed by atoms with Crippen molar-refractivity contribution >= 4 is 11.8 Å². The van der Waals surface area contributed by atoms with E-state index in [0.717, 1.165) is 12.1 Å². The zero-order valence-electron chi connectivity index (χ0n) is 26.4. The summed E-state index contributed by atoms with van der Waals surface area (Å²) < 4.78 is 59.2. The number of nitrogens with zero attached hydrogens (tertiary/aromatic N) is 1. The van der Waals surface area contributed by atoms with Crippen molar-refractivity contribution < 1.29 is 37.0 Å². The smallest absolute Gasteiger partial charge is 0.416 e. The molecule has 0 aromatic heterocycles. The maximum atomic E-state index is 14.8. The van der Waals surface area contributed by atoms with Crippen molar-refractivity contribution in [3.05, 3.63) is 89.0 Å². The molecule has 0 bridgehead atoms. The minimum Gasteiger partial charge on any atom is -0.493 e. The third-order valence-corrected chi connectivity index (χ3v) is 9.99. The summed E-state index contributed by atoms with van der Waals surface area (Å²) in [6, 6.07) is 17.3. The number of methoxy groups -OCH3 is 3. The number of hydrogen-bond donors (Lipinski definition) is 2. The predicted octanol–water partition coefficient (Wildman–Crippen LogP) is 5.54. The number of amides is 2. The number of benzene rings is 3. The Bertz CT molecular complexity index is 1550. The highest BCUT2D eigenvalue weighted by Crippen LogP contribution is 2.59. The van der Waals surface area contributed by atoms with Crippen LogP contribution < -0.4 is 25.3 Å². The van der Waals surface area contributed by atoms with Crippen LogP contribution in [0.15, 0.2) is 66.7 Å². The van der Waals surface area contributed by atoms with Gasteiger partial charge in [-0.25, -0.2) is 0 Å². The van der Waals surface area contributed by atoms with Gasteiger partial charge in [-0.05, 0) is 61.1 Å². The van der Waals surface area contributed by atoms with Gasteiger partial charge in [-0.3, -0.25) is 9.59 Å². The molecule has 5 rings (SSSR count). The second kappa shape index (κ2) is 12.9. The van der Waals surface area contributed by atoms with Crippen LogP contribution in [0.5, 0.6) is 17.2 Å². The molecule has 3 N–H and O–H groups in total. The first-order chi connectivity index (χ1) is 22.0. The highest BCUT2D eigenvalue weighted by Gasteiger charge is 2.64. The van der Waals surface area contributed by atoms with E-state index in [0.29, 0.717) is 42.8 Å². The van der Waals surface area contributed by atoms with Gasteiger partial charge in [0.25, 0.3) is 5.91 Å². The van der Waals surface area contributed by atoms with Gasteiger partial charge in [0.2, 0.25) is 11.7 Å². The molecule has 2 saturated heterocycles. The molecule has 3 aromatic rings. The molecule has 0 saturated carbocycles. The molecule has 0 radical (unpaired) electrons. The summed E-state index contributed by atoms with van der Waals surface area (Å²) in [5.41, 5.74) is 4.15. The molecule has 4 unspecified atom stereocenters. The largest absolute Gasteiger partial charge is 0.493 e. The zero-order valence-corrected chi connectivity index (χ0v) is 26.4. The van der Waals surface area contributed by atoms with Gasteiger partial charge in [-0.2, -0.15) is 13.2 Å². The van der Waals surface area contributed by atoms with Gasteiger partial charge in [-0.15, -0.1) is 0 Å². The van der Waals surface area contributed by atoms with E-state index in [1.807, 2.05) is 13.0 Å². The van der Waals surface area contributed by atoms with E-state index in [9.17, 15) is 22.8 Å². The summed E-state index contributed by atoms with van der Waals surface area (Å²) in [6.45, 7) is 3.22. The molecule has 0 spiro atoms. The van der Waals surface area contributed by atoms with Gasteiger partial charge in [0.15, 0.2) is 11.5 Å². The van der Waals surface area contributed by atoms with Crippen molar-refractivity contribution in [1.82, 2.24) is 10.2 Å². The number of alkyl halides is 3. The number of primary amides is 1. The Morgan fingerprint density at radius 3 is 2.17 bits per heavy atom. The number of carbonyl (C=O) groups excluding carboxylic acids is 2. The highest BCUT2D eigenvalue weighted by molar-refractivity contribution is 5.97. The Kier molecular flexibility index (Phi) is 9.26. The maximum absolute atomic E-state index is 14.8. The highest BCUT2D eigenvalue weighted by atomic mass is 19.4. The second-order valence-corrected chi connectivity index (χ2v) is 11.9. The third-order valence-electron chi connectivity index (χ3n) is 9.99. The monoisotopic (exact) mass is 639 g/mol. The zero-order chi connectivity index (χ0) is 33.3. The molecule has 0 aliphatic carbocycles. The number of nitrogens with one attached hydrogen (secondary N) is 1. The Labute approximate surface area is 267 Å². The molecule has 4 atom stereocenters. The van der Waals surface area contributed by atoms with Crippen molar-refractivity contribution in [3.63, 3.8) is 0 Å². The van der Waals surface area contributed by atoms with E-state index < -0.39 is 34.5 Å². The molecule has 2 heterocycles. The van der Waals surface area contributed by atoms with Crippen LogP contribution in [0.2, 0.25) is 0 Å². The number of hydrogen-bond acceptors (Lipinski definition) is 6. The first-order valence-electron chi connectivity index (χ1n) is 15.3. The predicted molar refractivity (Wildman–Crippen MR) is 167 cm³/mol. The summed E-state index contributed by atoms with van der Waals surface area (Å²) in [7, 11) is 4.38. The number of carbonyl (C=O) groups is 2. The number of halogens is 3. The molecule has 2 aliphatic rings. The fraction of sp³-hybridized carbons (Fsp3) is 0.429. The van der Waals surface area contributed by atoms with E-state index in [1.165, 1.54) is 27.4 Å². The molecule has 2 aliphatic heterocycles.